The highest BCUT2D eigenvalue weighted by Crippen LogP contribution is 2.35. The molecule has 1 fully saturated rings. The lowest BCUT2D eigenvalue weighted by atomic mass is 9.98. The van der Waals surface area contributed by atoms with Crippen molar-refractivity contribution in [1.29, 1.82) is 0 Å². The molecule has 204 valence electrons. The molecule has 38 heavy (non-hydrogen) atoms. The molecule has 2 aromatic carbocycles. The first-order chi connectivity index (χ1) is 18.5. The zero-order chi connectivity index (χ0) is 26.9. The Kier molecular flexibility index (Phi) is 9.98. The Balaban J connectivity index is 1.56. The maximum atomic E-state index is 13.8. The third-order valence-corrected chi connectivity index (χ3v) is 7.11. The molecule has 9 nitrogen and oxygen atoms in total. The number of ether oxygens (including phenoxy) is 2. The molecule has 2 aliphatic rings. The number of amides is 3. The van der Waals surface area contributed by atoms with Crippen molar-refractivity contribution in [3.05, 3.63) is 64.7 Å². The summed E-state index contributed by atoms with van der Waals surface area (Å²) in [6.07, 6.45) is 1.33. The number of hydrogen-bond acceptors (Lipinski definition) is 6. The lowest BCUT2D eigenvalue weighted by molar-refractivity contribution is -0.133. The molecule has 1 saturated heterocycles. The fraction of sp³-hybridized carbons (Fsp3) is 0.464. The smallest absolute Gasteiger partial charge is 0.317 e. The number of hydrogen-bond donors (Lipinski definition) is 1. The number of hydrazone groups is 1. The van der Waals surface area contributed by atoms with Gasteiger partial charge in [-0.1, -0.05) is 48.9 Å². The highest BCUT2D eigenvalue weighted by Gasteiger charge is 2.35. The Bertz CT molecular complexity index is 1120. The Labute approximate surface area is 229 Å². The van der Waals surface area contributed by atoms with Crippen LogP contribution in [0.25, 0.3) is 0 Å². The van der Waals surface area contributed by atoms with Crippen LogP contribution in [-0.4, -0.2) is 92.1 Å². The quantitative estimate of drug-likeness (QED) is 0.495. The van der Waals surface area contributed by atoms with Crippen LogP contribution in [0.2, 0.25) is 5.02 Å². The van der Waals surface area contributed by atoms with Gasteiger partial charge in [-0.15, -0.1) is 0 Å². The van der Waals surface area contributed by atoms with Gasteiger partial charge in [0.05, 0.1) is 32.1 Å². The summed E-state index contributed by atoms with van der Waals surface area (Å²) in [5.41, 5.74) is 2.47. The summed E-state index contributed by atoms with van der Waals surface area (Å²) in [6.45, 7) is 6.56. The van der Waals surface area contributed by atoms with Crippen LogP contribution in [0, 0.1) is 0 Å². The average molecular weight is 542 g/mol. The molecule has 0 saturated carbocycles. The maximum absolute atomic E-state index is 13.8. The molecule has 1 N–H and O–H groups in total. The van der Waals surface area contributed by atoms with Crippen LogP contribution < -0.4 is 10.1 Å². The number of morpholine rings is 1. The zero-order valence-corrected chi connectivity index (χ0v) is 22.8. The number of nitrogens with zero attached hydrogens (tertiary/aromatic N) is 4. The van der Waals surface area contributed by atoms with Gasteiger partial charge in [0.25, 0.3) is 5.91 Å². The van der Waals surface area contributed by atoms with E-state index < -0.39 is 0 Å². The normalized spacial score (nSPS) is 17.7. The molecule has 2 heterocycles. The third kappa shape index (κ3) is 7.03. The highest BCUT2D eigenvalue weighted by atomic mass is 35.5. The monoisotopic (exact) mass is 541 g/mol. The summed E-state index contributed by atoms with van der Waals surface area (Å²) >= 11 is 6.48. The first kappa shape index (κ1) is 27.9. The Morgan fingerprint density at radius 2 is 1.89 bits per heavy atom. The Hall–Kier alpha value is -3.14. The van der Waals surface area contributed by atoms with Crippen LogP contribution >= 0.6 is 11.6 Å². The third-order valence-electron chi connectivity index (χ3n) is 6.78. The van der Waals surface area contributed by atoms with Crippen molar-refractivity contribution < 1.29 is 19.1 Å². The van der Waals surface area contributed by atoms with Crippen LogP contribution in [0.1, 0.15) is 36.9 Å². The van der Waals surface area contributed by atoms with Gasteiger partial charge in [0.15, 0.2) is 0 Å². The van der Waals surface area contributed by atoms with Crippen molar-refractivity contribution >= 4 is 29.3 Å². The van der Waals surface area contributed by atoms with E-state index in [-0.39, 0.29) is 24.5 Å². The van der Waals surface area contributed by atoms with Gasteiger partial charge in [-0.25, -0.2) is 9.80 Å². The maximum Gasteiger partial charge on any atom is 0.317 e. The van der Waals surface area contributed by atoms with Gasteiger partial charge in [-0.2, -0.15) is 5.10 Å². The van der Waals surface area contributed by atoms with Crippen molar-refractivity contribution in [2.45, 2.75) is 25.8 Å². The molecule has 3 amide bonds. The number of urea groups is 1. The van der Waals surface area contributed by atoms with Gasteiger partial charge in [0.2, 0.25) is 0 Å². The zero-order valence-electron chi connectivity index (χ0n) is 22.1. The second kappa shape index (κ2) is 13.6. The number of nitrogens with one attached hydrogen (secondary N) is 1. The fourth-order valence-electron chi connectivity index (χ4n) is 4.60. The minimum absolute atomic E-state index is 0.0775. The fourth-order valence-corrected chi connectivity index (χ4v) is 4.85. The van der Waals surface area contributed by atoms with Gasteiger partial charge in [-0.05, 0) is 30.2 Å². The van der Waals surface area contributed by atoms with Crippen LogP contribution in [0.4, 0.5) is 4.79 Å². The van der Waals surface area contributed by atoms with Gasteiger partial charge >= 0.3 is 6.03 Å². The van der Waals surface area contributed by atoms with Gasteiger partial charge < -0.3 is 19.7 Å². The second-order valence-corrected chi connectivity index (χ2v) is 9.77. The first-order valence-corrected chi connectivity index (χ1v) is 13.5. The molecule has 0 spiro atoms. The largest absolute Gasteiger partial charge is 0.497 e. The van der Waals surface area contributed by atoms with E-state index in [2.05, 4.69) is 10.2 Å². The standard InChI is InChI=1S/C28H36ClN5O4/c1-3-12-30-28(36)33(14-13-32-15-17-38-18-16-32)20-27(35)34-26(21-8-10-22(37-2)11-9-21)19-25(31-34)23-6-4-5-7-24(23)29/h4-11,26H,3,12-20H2,1-2H3,(H,30,36). The van der Waals surface area contributed by atoms with Crippen LogP contribution in [0.3, 0.4) is 0 Å². The SMILES string of the molecule is CCCNC(=O)N(CCN1CCOCC1)CC(=O)N1N=C(c2ccccc2Cl)CC1c1ccc(OC)cc1. The van der Waals surface area contributed by atoms with Crippen LogP contribution in [0.5, 0.6) is 5.75 Å². The summed E-state index contributed by atoms with van der Waals surface area (Å²) in [5.74, 6) is 0.486. The molecule has 1 unspecified atom stereocenters. The lowest BCUT2D eigenvalue weighted by Crippen LogP contribution is -2.49. The minimum atomic E-state index is -0.320. The second-order valence-electron chi connectivity index (χ2n) is 9.37. The predicted octanol–water partition coefficient (Wildman–Crippen LogP) is 3.78. The van der Waals surface area contributed by atoms with E-state index in [1.54, 1.807) is 12.0 Å². The number of benzene rings is 2. The molecule has 10 heteroatoms. The Morgan fingerprint density at radius 1 is 1.16 bits per heavy atom. The summed E-state index contributed by atoms with van der Waals surface area (Å²) < 4.78 is 10.7. The van der Waals surface area contributed by atoms with Crippen molar-refractivity contribution in [2.75, 3.05) is 59.6 Å². The number of halogens is 1. The summed E-state index contributed by atoms with van der Waals surface area (Å²) in [6, 6.07) is 14.6. The van der Waals surface area contributed by atoms with Gasteiger partial charge in [-0.3, -0.25) is 9.69 Å². The molecule has 1 atom stereocenters. The summed E-state index contributed by atoms with van der Waals surface area (Å²) in [5, 5.41) is 9.76. The van der Waals surface area contributed by atoms with Gasteiger partial charge in [0, 0.05) is 49.7 Å². The van der Waals surface area contributed by atoms with Crippen LogP contribution in [-0.2, 0) is 9.53 Å². The van der Waals surface area contributed by atoms with Crippen LogP contribution in [0.15, 0.2) is 53.6 Å². The molecule has 0 aromatic heterocycles. The molecular formula is C28H36ClN5O4. The molecule has 2 aromatic rings. The first-order valence-electron chi connectivity index (χ1n) is 13.1. The highest BCUT2D eigenvalue weighted by molar-refractivity contribution is 6.34. The predicted molar refractivity (Wildman–Crippen MR) is 148 cm³/mol. The van der Waals surface area contributed by atoms with E-state index in [1.807, 2.05) is 55.5 Å². The summed E-state index contributed by atoms with van der Waals surface area (Å²) in [7, 11) is 1.62. The van der Waals surface area contributed by atoms with Crippen molar-refractivity contribution in [3.63, 3.8) is 0 Å². The number of methoxy groups -OCH3 is 1. The molecule has 4 rings (SSSR count). The van der Waals surface area contributed by atoms with E-state index in [0.717, 1.165) is 42.1 Å². The Morgan fingerprint density at radius 3 is 2.58 bits per heavy atom. The summed E-state index contributed by atoms with van der Waals surface area (Å²) in [4.78, 5) is 30.6. The van der Waals surface area contributed by atoms with E-state index in [9.17, 15) is 9.59 Å². The van der Waals surface area contributed by atoms with Crippen molar-refractivity contribution in [3.8, 4) is 5.75 Å². The number of carbonyl (C=O) groups excluding carboxylic acids is 2. The molecule has 0 bridgehead atoms. The molecule has 2 aliphatic heterocycles. The molecule has 0 aliphatic carbocycles. The van der Waals surface area contributed by atoms with E-state index in [4.69, 9.17) is 26.2 Å². The van der Waals surface area contributed by atoms with Crippen molar-refractivity contribution in [2.24, 2.45) is 5.10 Å². The van der Waals surface area contributed by atoms with E-state index in [1.165, 1.54) is 5.01 Å². The molecular weight excluding hydrogens is 506 g/mol. The topological polar surface area (TPSA) is 86.7 Å². The number of rotatable bonds is 10. The molecule has 0 radical (unpaired) electrons. The van der Waals surface area contributed by atoms with E-state index in [0.29, 0.717) is 44.3 Å². The van der Waals surface area contributed by atoms with Gasteiger partial charge in [0.1, 0.15) is 12.3 Å². The average Bonchev–Trinajstić information content (AvgIpc) is 3.40. The lowest BCUT2D eigenvalue weighted by Gasteiger charge is -2.31. The van der Waals surface area contributed by atoms with E-state index >= 15 is 0 Å². The number of carbonyl (C=O) groups is 2. The minimum Gasteiger partial charge on any atom is -0.497 e. The van der Waals surface area contributed by atoms with Crippen molar-refractivity contribution in [1.82, 2.24) is 20.1 Å².